The summed E-state index contributed by atoms with van der Waals surface area (Å²) in [6.07, 6.45) is 4.58. The van der Waals surface area contributed by atoms with Crippen LogP contribution in [0.15, 0.2) is 55.6 Å². The smallest absolute Gasteiger partial charge is 0.335 e. The van der Waals surface area contributed by atoms with Gasteiger partial charge in [0.05, 0.1) is 37.6 Å². The molecule has 0 fully saturated rings. The van der Waals surface area contributed by atoms with Gasteiger partial charge in [0.2, 0.25) is 0 Å². The summed E-state index contributed by atoms with van der Waals surface area (Å²) >= 11 is 0. The van der Waals surface area contributed by atoms with Crippen molar-refractivity contribution in [2.24, 2.45) is 0 Å². The van der Waals surface area contributed by atoms with Crippen molar-refractivity contribution < 1.29 is 48.3 Å². The van der Waals surface area contributed by atoms with E-state index in [9.17, 15) is 29.4 Å². The lowest BCUT2D eigenvalue weighted by atomic mass is 9.87. The second-order valence-corrected chi connectivity index (χ2v) is 11.6. The van der Waals surface area contributed by atoms with Gasteiger partial charge in [-0.05, 0) is 111 Å². The third kappa shape index (κ3) is 9.59. The lowest BCUT2D eigenvalue weighted by Crippen LogP contribution is -2.09. The topological polar surface area (TPSA) is 146 Å². The number of benzene rings is 3. The quantitative estimate of drug-likeness (QED) is 0.0782. The van der Waals surface area contributed by atoms with Crippen LogP contribution in [-0.2, 0) is 19.1 Å². The number of hydrogen-bond donors (Lipinski definition) is 2. The van der Waals surface area contributed by atoms with E-state index in [4.69, 9.17) is 18.9 Å². The minimum atomic E-state index is -1.05. The number of esters is 2. The fourth-order valence-corrected chi connectivity index (χ4v) is 5.59. The molecular weight excluding hydrogens is 628 g/mol. The van der Waals surface area contributed by atoms with Gasteiger partial charge >= 0.3 is 23.9 Å². The lowest BCUT2D eigenvalue weighted by Gasteiger charge is -2.22. The van der Waals surface area contributed by atoms with E-state index in [1.165, 1.54) is 0 Å². The Labute approximate surface area is 287 Å². The van der Waals surface area contributed by atoms with Gasteiger partial charge in [-0.15, -0.1) is 0 Å². The van der Waals surface area contributed by atoms with Crippen LogP contribution in [0.25, 0.3) is 22.3 Å². The van der Waals surface area contributed by atoms with Gasteiger partial charge < -0.3 is 29.2 Å². The van der Waals surface area contributed by atoms with Crippen molar-refractivity contribution in [3.63, 3.8) is 0 Å². The minimum Gasteiger partial charge on any atom is -0.493 e. The van der Waals surface area contributed by atoms with Gasteiger partial charge in [-0.3, -0.25) is 0 Å². The first-order valence-electron chi connectivity index (χ1n) is 16.0. The first kappa shape index (κ1) is 38.1. The van der Waals surface area contributed by atoms with Gasteiger partial charge in [0, 0.05) is 23.3 Å². The number of carboxylic acid groups (broad SMARTS) is 2. The Kier molecular flexibility index (Phi) is 13.7. The SMILES string of the molecule is C=CC(=O)OCCCCOc1c(C)cc(C(=O)O)c(C)c1-c1ccc(-c2c(C)c(C(=O)O)cc(C)c2OCCCCOC(=O)C=C)c(C)c1. The number of unbranched alkanes of at least 4 members (excludes halogenated alkanes) is 2. The zero-order valence-electron chi connectivity index (χ0n) is 28.8. The van der Waals surface area contributed by atoms with Crippen LogP contribution in [0.3, 0.4) is 0 Å². The van der Waals surface area contributed by atoms with Crippen molar-refractivity contribution in [2.75, 3.05) is 26.4 Å². The maximum Gasteiger partial charge on any atom is 0.335 e. The van der Waals surface area contributed by atoms with E-state index in [1.807, 2.05) is 25.1 Å². The molecule has 0 saturated heterocycles. The summed E-state index contributed by atoms with van der Waals surface area (Å²) in [7, 11) is 0. The number of ether oxygens (including phenoxy) is 4. The van der Waals surface area contributed by atoms with Crippen LogP contribution in [0.5, 0.6) is 11.5 Å². The Morgan fingerprint density at radius 1 is 0.612 bits per heavy atom. The predicted molar refractivity (Wildman–Crippen MR) is 187 cm³/mol. The zero-order valence-corrected chi connectivity index (χ0v) is 28.8. The van der Waals surface area contributed by atoms with Crippen LogP contribution < -0.4 is 9.47 Å². The van der Waals surface area contributed by atoms with Crippen molar-refractivity contribution in [1.82, 2.24) is 0 Å². The van der Waals surface area contributed by atoms with Crippen molar-refractivity contribution in [1.29, 1.82) is 0 Å². The van der Waals surface area contributed by atoms with Crippen molar-refractivity contribution >= 4 is 23.9 Å². The molecule has 0 atom stereocenters. The molecule has 0 radical (unpaired) electrons. The Balaban J connectivity index is 2.02. The first-order chi connectivity index (χ1) is 23.3. The van der Waals surface area contributed by atoms with Crippen molar-refractivity contribution in [3.05, 3.63) is 94.6 Å². The Morgan fingerprint density at radius 3 is 1.47 bits per heavy atom. The van der Waals surface area contributed by atoms with Crippen LogP contribution in [0, 0.1) is 34.6 Å². The largest absolute Gasteiger partial charge is 0.493 e. The number of aryl methyl sites for hydroxylation is 3. The monoisotopic (exact) mass is 672 g/mol. The highest BCUT2D eigenvalue weighted by Crippen LogP contribution is 2.43. The molecule has 0 aliphatic carbocycles. The molecule has 3 aromatic rings. The maximum absolute atomic E-state index is 12.2. The molecule has 3 aromatic carbocycles. The summed E-state index contributed by atoms with van der Waals surface area (Å²) in [5, 5.41) is 20.0. The molecule has 260 valence electrons. The molecule has 0 bridgehead atoms. The fourth-order valence-electron chi connectivity index (χ4n) is 5.59. The summed E-state index contributed by atoms with van der Waals surface area (Å²) in [5.41, 5.74) is 6.35. The number of carbonyl (C=O) groups is 4. The fraction of sp³-hybridized carbons (Fsp3) is 0.333. The number of hydrogen-bond acceptors (Lipinski definition) is 8. The average Bonchev–Trinajstić information content (AvgIpc) is 3.06. The van der Waals surface area contributed by atoms with Crippen LogP contribution in [0.4, 0.5) is 0 Å². The predicted octanol–water partition coefficient (Wildman–Crippen LogP) is 7.74. The average molecular weight is 673 g/mol. The zero-order chi connectivity index (χ0) is 36.2. The summed E-state index contributed by atoms with van der Waals surface area (Å²) in [5.74, 6) is -1.96. The highest BCUT2D eigenvalue weighted by atomic mass is 16.5. The summed E-state index contributed by atoms with van der Waals surface area (Å²) in [4.78, 5) is 47.0. The third-order valence-electron chi connectivity index (χ3n) is 8.09. The van der Waals surface area contributed by atoms with E-state index in [-0.39, 0.29) is 24.3 Å². The van der Waals surface area contributed by atoms with Crippen LogP contribution in [0.1, 0.15) is 74.2 Å². The number of aromatic carboxylic acids is 2. The summed E-state index contributed by atoms with van der Waals surface area (Å²) in [6, 6.07) is 8.89. The Morgan fingerprint density at radius 2 is 1.04 bits per heavy atom. The van der Waals surface area contributed by atoms with Crippen LogP contribution >= 0.6 is 0 Å². The molecule has 10 heteroatoms. The molecule has 0 aliphatic rings. The number of rotatable bonds is 18. The molecular formula is C39H44O10. The van der Waals surface area contributed by atoms with E-state index in [2.05, 4.69) is 13.2 Å². The molecule has 0 aliphatic heterocycles. The summed E-state index contributed by atoms with van der Waals surface area (Å²) in [6.45, 7) is 16.9. The third-order valence-corrected chi connectivity index (χ3v) is 8.09. The van der Waals surface area contributed by atoms with Gasteiger partial charge in [0.15, 0.2) is 0 Å². The second kappa shape index (κ2) is 17.7. The molecule has 0 amide bonds. The van der Waals surface area contributed by atoms with E-state index < -0.39 is 23.9 Å². The van der Waals surface area contributed by atoms with Gasteiger partial charge in [0.1, 0.15) is 11.5 Å². The van der Waals surface area contributed by atoms with Crippen LogP contribution in [-0.4, -0.2) is 60.5 Å². The van der Waals surface area contributed by atoms with E-state index in [1.54, 1.807) is 39.8 Å². The van der Waals surface area contributed by atoms with Crippen molar-refractivity contribution in [3.8, 4) is 33.8 Å². The molecule has 0 spiro atoms. The van der Waals surface area contributed by atoms with E-state index >= 15 is 0 Å². The van der Waals surface area contributed by atoms with E-state index in [0.717, 1.165) is 28.8 Å². The number of carbonyl (C=O) groups excluding carboxylic acids is 2. The molecule has 2 N–H and O–H groups in total. The molecule has 0 aromatic heterocycles. The highest BCUT2D eigenvalue weighted by molar-refractivity contribution is 5.96. The molecule has 49 heavy (non-hydrogen) atoms. The standard InChI is InChI=1S/C39H44O10/c1-8-32(40)46-16-10-12-18-48-36-24(4)21-30(38(42)43)26(6)34(36)28-14-15-29(23(3)20-28)35-27(7)31(39(44)45)22-25(5)37(35)49-19-13-11-17-47-33(41)9-2/h8-9,14-15,20-22H,1-2,10-13,16-19H2,3-7H3,(H,42,43)(H,44,45). The molecule has 10 nitrogen and oxygen atoms in total. The molecule has 0 saturated carbocycles. The Hall–Kier alpha value is -5.38. The van der Waals surface area contributed by atoms with Gasteiger partial charge in [0.25, 0.3) is 0 Å². The van der Waals surface area contributed by atoms with Gasteiger partial charge in [-0.1, -0.05) is 31.4 Å². The maximum atomic E-state index is 12.2. The van der Waals surface area contributed by atoms with E-state index in [0.29, 0.717) is 83.8 Å². The highest BCUT2D eigenvalue weighted by Gasteiger charge is 2.24. The van der Waals surface area contributed by atoms with Gasteiger partial charge in [-0.25, -0.2) is 19.2 Å². The Bertz CT molecular complexity index is 1750. The van der Waals surface area contributed by atoms with Crippen molar-refractivity contribution in [2.45, 2.75) is 60.3 Å². The molecule has 0 heterocycles. The summed E-state index contributed by atoms with van der Waals surface area (Å²) < 4.78 is 22.6. The normalized spacial score (nSPS) is 10.6. The minimum absolute atomic E-state index is 0.161. The lowest BCUT2D eigenvalue weighted by molar-refractivity contribution is -0.138. The second-order valence-electron chi connectivity index (χ2n) is 11.6. The number of carboxylic acids is 2. The molecule has 0 unspecified atom stereocenters. The van der Waals surface area contributed by atoms with Gasteiger partial charge in [-0.2, -0.15) is 0 Å². The van der Waals surface area contributed by atoms with Crippen LogP contribution in [0.2, 0.25) is 0 Å². The first-order valence-corrected chi connectivity index (χ1v) is 16.0. The molecule has 3 rings (SSSR count).